The van der Waals surface area contributed by atoms with Gasteiger partial charge in [0.15, 0.2) is 5.71 Å². The van der Waals surface area contributed by atoms with Crippen LogP contribution in [0.3, 0.4) is 0 Å². The number of nitrogens with zero attached hydrogens (tertiary/aromatic N) is 1. The molecular formula is C7H13NO4S. The van der Waals surface area contributed by atoms with Crippen LogP contribution in [-0.2, 0) is 14.4 Å². The number of hydrogen-bond donors (Lipinski definition) is 1. The zero-order chi connectivity index (χ0) is 10.1. The molecule has 0 radical (unpaired) electrons. The Morgan fingerprint density at radius 3 is 2.69 bits per heavy atom. The molecule has 13 heavy (non-hydrogen) atoms. The van der Waals surface area contributed by atoms with Crippen molar-refractivity contribution < 1.29 is 19.5 Å². The lowest BCUT2D eigenvalue weighted by molar-refractivity contribution is -0.129. The minimum atomic E-state index is -1.05. The van der Waals surface area contributed by atoms with Gasteiger partial charge in [-0.3, -0.25) is 0 Å². The molecule has 6 heteroatoms. The van der Waals surface area contributed by atoms with Crippen LogP contribution < -0.4 is 0 Å². The quantitative estimate of drug-likeness (QED) is 0.373. The Balaban J connectivity index is 3.71. The lowest BCUT2D eigenvalue weighted by Gasteiger charge is -2.00. The van der Waals surface area contributed by atoms with E-state index in [4.69, 9.17) is 9.84 Å². The molecular weight excluding hydrogens is 194 g/mol. The maximum atomic E-state index is 10.5. The summed E-state index contributed by atoms with van der Waals surface area (Å²) in [6.07, 6.45) is 0. The Labute approximate surface area is 81.1 Å². The summed E-state index contributed by atoms with van der Waals surface area (Å²) in [5, 5.41) is 12.0. The van der Waals surface area contributed by atoms with E-state index in [2.05, 4.69) is 9.99 Å². The first kappa shape index (κ1) is 12.2. The van der Waals surface area contributed by atoms with Gasteiger partial charge in [-0.05, 0) is 0 Å². The Kier molecular flexibility index (Phi) is 7.42. The summed E-state index contributed by atoms with van der Waals surface area (Å²) in [4.78, 5) is 14.9. The first-order valence-electron chi connectivity index (χ1n) is 3.62. The number of aliphatic carboxylic acids is 1. The molecule has 0 aromatic rings. The fraction of sp³-hybridized carbons (Fsp3) is 0.714. The third kappa shape index (κ3) is 6.41. The number of carbonyl (C=O) groups is 1. The summed E-state index contributed by atoms with van der Waals surface area (Å²) in [7, 11) is 2.92. The van der Waals surface area contributed by atoms with Gasteiger partial charge in [0.25, 0.3) is 0 Å². The Hall–Kier alpha value is -0.750. The van der Waals surface area contributed by atoms with Gasteiger partial charge in [-0.25, -0.2) is 4.79 Å². The highest BCUT2D eigenvalue weighted by Crippen LogP contribution is 2.01. The molecule has 0 spiro atoms. The highest BCUT2D eigenvalue weighted by molar-refractivity contribution is 8.00. The van der Waals surface area contributed by atoms with E-state index in [1.807, 2.05) is 0 Å². The molecule has 0 heterocycles. The first-order chi connectivity index (χ1) is 6.22. The fourth-order valence-electron chi connectivity index (χ4n) is 0.548. The second kappa shape index (κ2) is 7.88. The van der Waals surface area contributed by atoms with E-state index < -0.39 is 5.97 Å². The molecule has 1 N–H and O–H groups in total. The van der Waals surface area contributed by atoms with Crippen molar-refractivity contribution in [3.63, 3.8) is 0 Å². The van der Waals surface area contributed by atoms with E-state index in [0.717, 1.165) is 5.75 Å². The van der Waals surface area contributed by atoms with Crippen LogP contribution in [0.4, 0.5) is 0 Å². The molecule has 0 aromatic heterocycles. The van der Waals surface area contributed by atoms with Crippen molar-refractivity contribution >= 4 is 23.4 Å². The molecule has 0 aromatic carbocycles. The number of thioether (sulfide) groups is 1. The van der Waals surface area contributed by atoms with Crippen molar-refractivity contribution in [1.82, 2.24) is 0 Å². The SMILES string of the molecule is COCCSCC(=NOC)C(=O)O. The third-order valence-corrected chi connectivity index (χ3v) is 2.05. The monoisotopic (exact) mass is 207 g/mol. The van der Waals surface area contributed by atoms with Crippen molar-refractivity contribution in [3.05, 3.63) is 0 Å². The lowest BCUT2D eigenvalue weighted by Crippen LogP contribution is -2.16. The second-order valence-electron chi connectivity index (χ2n) is 2.07. The van der Waals surface area contributed by atoms with Crippen LogP contribution in [0.2, 0.25) is 0 Å². The van der Waals surface area contributed by atoms with E-state index in [-0.39, 0.29) is 5.71 Å². The van der Waals surface area contributed by atoms with Gasteiger partial charge in [0, 0.05) is 18.6 Å². The average Bonchev–Trinajstić information content (AvgIpc) is 2.10. The van der Waals surface area contributed by atoms with Gasteiger partial charge in [0.1, 0.15) is 7.11 Å². The van der Waals surface area contributed by atoms with Crippen LogP contribution in [0, 0.1) is 0 Å². The summed E-state index contributed by atoms with van der Waals surface area (Å²) < 4.78 is 4.80. The standard InChI is InChI=1S/C7H13NO4S/c1-11-3-4-13-5-6(7(9)10)8-12-2/h3-5H2,1-2H3,(H,9,10). The molecule has 0 rings (SSSR count). The van der Waals surface area contributed by atoms with Crippen molar-refractivity contribution in [2.45, 2.75) is 0 Å². The van der Waals surface area contributed by atoms with Crippen molar-refractivity contribution in [3.8, 4) is 0 Å². The molecule has 76 valence electrons. The van der Waals surface area contributed by atoms with E-state index in [1.165, 1.54) is 18.9 Å². The maximum Gasteiger partial charge on any atom is 0.354 e. The molecule has 0 fully saturated rings. The topological polar surface area (TPSA) is 68.1 Å². The Bertz CT molecular complexity index is 183. The fourth-order valence-corrected chi connectivity index (χ4v) is 1.35. The lowest BCUT2D eigenvalue weighted by atomic mass is 10.4. The molecule has 0 aliphatic carbocycles. The van der Waals surface area contributed by atoms with Gasteiger partial charge >= 0.3 is 5.97 Å². The van der Waals surface area contributed by atoms with E-state index >= 15 is 0 Å². The summed E-state index contributed by atoms with van der Waals surface area (Å²) in [6.45, 7) is 0.602. The van der Waals surface area contributed by atoms with Crippen LogP contribution in [0.25, 0.3) is 0 Å². The van der Waals surface area contributed by atoms with E-state index in [1.54, 1.807) is 7.11 Å². The number of methoxy groups -OCH3 is 1. The summed E-state index contributed by atoms with van der Waals surface area (Å²) >= 11 is 1.44. The molecule has 5 nitrogen and oxygen atoms in total. The van der Waals surface area contributed by atoms with Crippen LogP contribution in [-0.4, -0.2) is 49.1 Å². The third-order valence-electron chi connectivity index (χ3n) is 1.12. The molecule has 0 amide bonds. The van der Waals surface area contributed by atoms with Gasteiger partial charge in [-0.15, -0.1) is 0 Å². The van der Waals surface area contributed by atoms with E-state index in [0.29, 0.717) is 12.4 Å². The van der Waals surface area contributed by atoms with Crippen LogP contribution >= 0.6 is 11.8 Å². The first-order valence-corrected chi connectivity index (χ1v) is 4.77. The van der Waals surface area contributed by atoms with Gasteiger partial charge in [0.05, 0.1) is 6.61 Å². The number of rotatable bonds is 7. The minimum absolute atomic E-state index is 0.0172. The van der Waals surface area contributed by atoms with Crippen molar-refractivity contribution in [2.24, 2.45) is 5.16 Å². The zero-order valence-electron chi connectivity index (χ0n) is 7.65. The predicted octanol–water partition coefficient (Wildman–Crippen LogP) is 0.453. The minimum Gasteiger partial charge on any atom is -0.477 e. The highest BCUT2D eigenvalue weighted by Gasteiger charge is 2.09. The second-order valence-corrected chi connectivity index (χ2v) is 3.18. The van der Waals surface area contributed by atoms with Crippen molar-refractivity contribution in [1.29, 1.82) is 0 Å². The zero-order valence-corrected chi connectivity index (χ0v) is 8.47. The largest absolute Gasteiger partial charge is 0.477 e. The molecule has 0 atom stereocenters. The van der Waals surface area contributed by atoms with Crippen LogP contribution in [0.5, 0.6) is 0 Å². The molecule has 0 aliphatic rings. The Morgan fingerprint density at radius 1 is 1.54 bits per heavy atom. The molecule has 0 unspecified atom stereocenters. The van der Waals surface area contributed by atoms with E-state index in [9.17, 15) is 4.79 Å². The smallest absolute Gasteiger partial charge is 0.354 e. The normalized spacial score (nSPS) is 11.4. The highest BCUT2D eigenvalue weighted by atomic mass is 32.2. The molecule has 0 saturated carbocycles. The maximum absolute atomic E-state index is 10.5. The van der Waals surface area contributed by atoms with Gasteiger partial charge in [0.2, 0.25) is 0 Å². The van der Waals surface area contributed by atoms with Crippen LogP contribution in [0.15, 0.2) is 5.16 Å². The number of ether oxygens (including phenoxy) is 1. The molecule has 0 aliphatic heterocycles. The summed E-state index contributed by atoms with van der Waals surface area (Å²) in [5.74, 6) is 0.0192. The molecule has 0 bridgehead atoms. The summed E-state index contributed by atoms with van der Waals surface area (Å²) in [5.41, 5.74) is 0.0172. The van der Waals surface area contributed by atoms with Crippen LogP contribution in [0.1, 0.15) is 0 Å². The van der Waals surface area contributed by atoms with Gasteiger partial charge in [-0.2, -0.15) is 11.8 Å². The number of hydrogen-bond acceptors (Lipinski definition) is 5. The average molecular weight is 207 g/mol. The van der Waals surface area contributed by atoms with Crippen molar-refractivity contribution in [2.75, 3.05) is 32.3 Å². The summed E-state index contributed by atoms with van der Waals surface area (Å²) in [6, 6.07) is 0. The Morgan fingerprint density at radius 2 is 2.23 bits per heavy atom. The molecule has 0 saturated heterocycles. The number of carboxylic acids is 1. The number of oxime groups is 1. The number of carboxylic acid groups (broad SMARTS) is 1. The van der Waals surface area contributed by atoms with Gasteiger partial charge in [-0.1, -0.05) is 5.16 Å². The predicted molar refractivity (Wildman–Crippen MR) is 51.3 cm³/mol. The van der Waals surface area contributed by atoms with Gasteiger partial charge < -0.3 is 14.7 Å².